The maximum absolute atomic E-state index is 14.1. The normalized spacial score (nSPS) is 10.5. The lowest BCUT2D eigenvalue weighted by atomic mass is 10.1. The Balaban J connectivity index is 1.76. The summed E-state index contributed by atoms with van der Waals surface area (Å²) < 4.78 is 19.5. The van der Waals surface area contributed by atoms with Gasteiger partial charge in [-0.3, -0.25) is 4.79 Å². The summed E-state index contributed by atoms with van der Waals surface area (Å²) in [4.78, 5) is 15.4. The highest BCUT2D eigenvalue weighted by molar-refractivity contribution is 6.09. The Hall–Kier alpha value is -3.33. The van der Waals surface area contributed by atoms with Gasteiger partial charge in [-0.25, -0.2) is 4.39 Å². The molecule has 0 unspecified atom stereocenters. The van der Waals surface area contributed by atoms with Crippen LogP contribution in [0.25, 0.3) is 10.9 Å². The van der Waals surface area contributed by atoms with Gasteiger partial charge in [-0.2, -0.15) is 5.26 Å². The Labute approximate surface area is 150 Å². The Bertz CT molecular complexity index is 988. The molecule has 0 radical (unpaired) electrons. The fourth-order valence-corrected chi connectivity index (χ4v) is 2.58. The number of carbonyl (C=O) groups excluding carboxylic acids is 1. The summed E-state index contributed by atoms with van der Waals surface area (Å²) in [6.45, 7) is 2.47. The van der Waals surface area contributed by atoms with Crippen molar-refractivity contribution in [2.24, 2.45) is 0 Å². The fourth-order valence-electron chi connectivity index (χ4n) is 2.58. The lowest BCUT2D eigenvalue weighted by molar-refractivity contribution is 0.102. The molecule has 5 nitrogen and oxygen atoms in total. The third-order valence-electron chi connectivity index (χ3n) is 4.01. The molecule has 132 valence electrons. The highest BCUT2D eigenvalue weighted by Crippen LogP contribution is 2.25. The predicted molar refractivity (Wildman–Crippen MR) is 97.8 cm³/mol. The van der Waals surface area contributed by atoms with Gasteiger partial charge in [-0.1, -0.05) is 13.3 Å². The van der Waals surface area contributed by atoms with Crippen molar-refractivity contribution in [2.45, 2.75) is 19.8 Å². The van der Waals surface area contributed by atoms with Crippen molar-refractivity contribution in [2.75, 3.05) is 11.9 Å². The Morgan fingerprint density at radius 1 is 1.31 bits per heavy atom. The van der Waals surface area contributed by atoms with Gasteiger partial charge >= 0.3 is 0 Å². The highest BCUT2D eigenvalue weighted by Gasteiger charge is 2.13. The molecular formula is C20H18FN3O2. The number of nitrogens with zero attached hydrogens (tertiary/aromatic N) is 1. The number of aromatic nitrogens is 1. The number of nitriles is 1. The molecule has 3 rings (SSSR count). The number of unbranched alkanes of at least 4 members (excludes halogenated alkanes) is 1. The first-order valence-corrected chi connectivity index (χ1v) is 8.37. The summed E-state index contributed by atoms with van der Waals surface area (Å²) in [5, 5.41) is 12.5. The van der Waals surface area contributed by atoms with E-state index in [-0.39, 0.29) is 11.3 Å². The molecule has 0 atom stereocenters. The molecule has 6 heteroatoms. The van der Waals surface area contributed by atoms with E-state index in [9.17, 15) is 9.18 Å². The van der Waals surface area contributed by atoms with Crippen LogP contribution in [-0.2, 0) is 0 Å². The Kier molecular flexibility index (Phi) is 5.18. The number of halogens is 1. The molecule has 0 fully saturated rings. The second-order valence-electron chi connectivity index (χ2n) is 5.88. The van der Waals surface area contributed by atoms with Crippen LogP contribution in [0.15, 0.2) is 42.6 Å². The van der Waals surface area contributed by atoms with Crippen LogP contribution in [0.4, 0.5) is 10.1 Å². The number of hydrogen-bond acceptors (Lipinski definition) is 3. The molecule has 1 aromatic heterocycles. The zero-order valence-corrected chi connectivity index (χ0v) is 14.3. The van der Waals surface area contributed by atoms with Crippen molar-refractivity contribution in [3.05, 3.63) is 59.5 Å². The largest absolute Gasteiger partial charge is 0.491 e. The molecule has 0 aliphatic carbocycles. The van der Waals surface area contributed by atoms with Gasteiger partial charge in [0, 0.05) is 22.7 Å². The van der Waals surface area contributed by atoms with Crippen molar-refractivity contribution in [3.8, 4) is 11.8 Å². The molecule has 1 amide bonds. The summed E-state index contributed by atoms with van der Waals surface area (Å²) in [7, 11) is 0. The number of benzene rings is 2. The topological polar surface area (TPSA) is 77.9 Å². The molecule has 2 aromatic carbocycles. The molecule has 0 spiro atoms. The first kappa shape index (κ1) is 17.5. The number of H-pyrrole nitrogens is 1. The summed E-state index contributed by atoms with van der Waals surface area (Å²) in [6.07, 6.45) is 3.45. The lowest BCUT2D eigenvalue weighted by Crippen LogP contribution is -2.12. The van der Waals surface area contributed by atoms with E-state index in [2.05, 4.69) is 16.4 Å². The van der Waals surface area contributed by atoms with E-state index in [1.54, 1.807) is 24.4 Å². The minimum absolute atomic E-state index is 0.145. The maximum atomic E-state index is 14.1. The summed E-state index contributed by atoms with van der Waals surface area (Å²) in [5.41, 5.74) is 2.04. The van der Waals surface area contributed by atoms with E-state index in [0.717, 1.165) is 23.7 Å². The average Bonchev–Trinajstić information content (AvgIpc) is 3.05. The van der Waals surface area contributed by atoms with Crippen molar-refractivity contribution < 1.29 is 13.9 Å². The number of anilines is 1. The van der Waals surface area contributed by atoms with Crippen molar-refractivity contribution in [1.82, 2.24) is 4.98 Å². The number of hydrogen-bond donors (Lipinski definition) is 2. The van der Waals surface area contributed by atoms with Gasteiger partial charge in [0.1, 0.15) is 0 Å². The fraction of sp³-hybridized carbons (Fsp3) is 0.200. The van der Waals surface area contributed by atoms with Crippen molar-refractivity contribution in [3.63, 3.8) is 0 Å². The number of fused-ring (bicyclic) bond motifs is 1. The second-order valence-corrected chi connectivity index (χ2v) is 5.88. The summed E-state index contributed by atoms with van der Waals surface area (Å²) >= 11 is 0. The van der Waals surface area contributed by atoms with Crippen molar-refractivity contribution in [1.29, 1.82) is 5.26 Å². The second kappa shape index (κ2) is 7.70. The van der Waals surface area contributed by atoms with E-state index >= 15 is 0 Å². The van der Waals surface area contributed by atoms with Crippen molar-refractivity contribution >= 4 is 22.5 Å². The highest BCUT2D eigenvalue weighted by atomic mass is 19.1. The number of nitrogens with one attached hydrogen (secondary N) is 2. The molecule has 2 N–H and O–H groups in total. The minimum Gasteiger partial charge on any atom is -0.491 e. The molecule has 1 heterocycles. The van der Waals surface area contributed by atoms with Crippen LogP contribution in [0.5, 0.6) is 5.75 Å². The van der Waals surface area contributed by atoms with Crippen LogP contribution in [0.3, 0.4) is 0 Å². The zero-order valence-electron chi connectivity index (χ0n) is 14.3. The maximum Gasteiger partial charge on any atom is 0.255 e. The van der Waals surface area contributed by atoms with Crippen LogP contribution < -0.4 is 10.1 Å². The lowest BCUT2D eigenvalue weighted by Gasteiger charge is -2.08. The van der Waals surface area contributed by atoms with Crippen LogP contribution >= 0.6 is 0 Å². The summed E-state index contributed by atoms with van der Waals surface area (Å²) in [6, 6.07) is 11.4. The van der Waals surface area contributed by atoms with E-state index in [1.807, 2.05) is 6.92 Å². The van der Waals surface area contributed by atoms with E-state index < -0.39 is 11.7 Å². The van der Waals surface area contributed by atoms with Gasteiger partial charge in [0.2, 0.25) is 0 Å². The molecule has 3 aromatic rings. The van der Waals surface area contributed by atoms with Gasteiger partial charge in [0.15, 0.2) is 11.6 Å². The number of amides is 1. The van der Waals surface area contributed by atoms with E-state index in [0.29, 0.717) is 17.9 Å². The van der Waals surface area contributed by atoms with Gasteiger partial charge in [-0.15, -0.1) is 0 Å². The Morgan fingerprint density at radius 2 is 2.15 bits per heavy atom. The van der Waals surface area contributed by atoms with Crippen LogP contribution in [0.2, 0.25) is 0 Å². The molecular weight excluding hydrogens is 333 g/mol. The van der Waals surface area contributed by atoms with Crippen LogP contribution in [0.1, 0.15) is 35.7 Å². The van der Waals surface area contributed by atoms with Crippen LogP contribution in [-0.4, -0.2) is 17.5 Å². The molecule has 0 aliphatic heterocycles. The zero-order chi connectivity index (χ0) is 18.5. The first-order valence-electron chi connectivity index (χ1n) is 8.37. The van der Waals surface area contributed by atoms with Gasteiger partial charge < -0.3 is 15.0 Å². The van der Waals surface area contributed by atoms with Gasteiger partial charge in [0.25, 0.3) is 5.91 Å². The molecule has 0 saturated carbocycles. The number of rotatable bonds is 6. The molecule has 0 bridgehead atoms. The quantitative estimate of drug-likeness (QED) is 0.637. The molecule has 0 saturated heterocycles. The minimum atomic E-state index is -0.564. The Morgan fingerprint density at radius 3 is 2.88 bits per heavy atom. The first-order chi connectivity index (χ1) is 12.6. The smallest absolute Gasteiger partial charge is 0.255 e. The molecule has 26 heavy (non-hydrogen) atoms. The van der Waals surface area contributed by atoms with Gasteiger partial charge in [0.05, 0.1) is 23.9 Å². The number of carbonyl (C=O) groups is 1. The van der Waals surface area contributed by atoms with Gasteiger partial charge in [-0.05, 0) is 42.8 Å². The third kappa shape index (κ3) is 3.67. The molecule has 0 aliphatic rings. The third-order valence-corrected chi connectivity index (χ3v) is 4.01. The van der Waals surface area contributed by atoms with E-state index in [1.165, 1.54) is 18.2 Å². The SMILES string of the molecule is CCCCOc1ccc(C(=O)Nc2c[nH]c3cc(C#N)ccc23)cc1F. The number of aromatic amines is 1. The van der Waals surface area contributed by atoms with Crippen LogP contribution in [0, 0.1) is 17.1 Å². The summed E-state index contributed by atoms with van der Waals surface area (Å²) in [5.74, 6) is -0.841. The van der Waals surface area contributed by atoms with E-state index in [4.69, 9.17) is 10.00 Å². The average molecular weight is 351 g/mol. The predicted octanol–water partition coefficient (Wildman–Crippen LogP) is 4.61. The number of ether oxygens (including phenoxy) is 1. The standard InChI is InChI=1S/C20H18FN3O2/c1-2-3-8-26-19-7-5-14(10-16(19)21)20(25)24-18-12-23-17-9-13(11-22)4-6-15(17)18/h4-7,9-10,12,23H,2-3,8H2,1H3,(H,24,25). The monoisotopic (exact) mass is 351 g/mol.